The van der Waals surface area contributed by atoms with Crippen LogP contribution in [0.5, 0.6) is 0 Å². The van der Waals surface area contributed by atoms with Gasteiger partial charge in [-0.25, -0.2) is 4.98 Å². The first-order valence-corrected chi connectivity index (χ1v) is 3.97. The highest BCUT2D eigenvalue weighted by atomic mass is 35.5. The van der Waals surface area contributed by atoms with Crippen LogP contribution in [0.1, 0.15) is 18.5 Å². The highest BCUT2D eigenvalue weighted by Gasteiger charge is 2.44. The lowest BCUT2D eigenvalue weighted by atomic mass is 10.2. The Bertz CT molecular complexity index is 268. The number of nitrogens with zero attached hydrogens (tertiary/aromatic N) is 2. The summed E-state index contributed by atoms with van der Waals surface area (Å²) in [5.41, 5.74) is 6.76. The summed E-state index contributed by atoms with van der Waals surface area (Å²) in [6, 6.07) is 0. The Morgan fingerprint density at radius 1 is 1.73 bits per heavy atom. The van der Waals surface area contributed by atoms with Crippen molar-refractivity contribution in [2.45, 2.75) is 18.4 Å². The molecule has 0 bridgehead atoms. The Morgan fingerprint density at radius 3 is 2.73 bits per heavy atom. The number of aryl methyl sites for hydroxylation is 1. The van der Waals surface area contributed by atoms with E-state index in [1.165, 1.54) is 0 Å². The predicted molar refractivity (Wildman–Crippen MR) is 43.3 cm³/mol. The van der Waals surface area contributed by atoms with Crippen molar-refractivity contribution < 1.29 is 0 Å². The fourth-order valence-corrected chi connectivity index (χ4v) is 1.69. The third kappa shape index (κ3) is 0.957. The maximum absolute atomic E-state index is 5.97. The topological polar surface area (TPSA) is 43.8 Å². The minimum Gasteiger partial charge on any atom is -0.335 e. The summed E-state index contributed by atoms with van der Waals surface area (Å²) in [4.78, 5) is 3.97. The first-order chi connectivity index (χ1) is 5.13. The quantitative estimate of drug-likeness (QED) is 0.686. The highest BCUT2D eigenvalue weighted by Crippen LogP contribution is 2.44. The molecule has 0 unspecified atom stereocenters. The molecule has 0 saturated heterocycles. The van der Waals surface area contributed by atoms with Crippen LogP contribution in [0.4, 0.5) is 0 Å². The lowest BCUT2D eigenvalue weighted by molar-refractivity contribution is 0.659. The lowest BCUT2D eigenvalue weighted by Crippen LogP contribution is -2.22. The molecule has 60 valence electrons. The van der Waals surface area contributed by atoms with Gasteiger partial charge in [0.05, 0.1) is 17.6 Å². The third-order valence-corrected chi connectivity index (χ3v) is 2.43. The zero-order valence-corrected chi connectivity index (χ0v) is 7.10. The first kappa shape index (κ1) is 7.13. The molecule has 3 nitrogen and oxygen atoms in total. The van der Waals surface area contributed by atoms with Crippen LogP contribution in [0.25, 0.3) is 0 Å². The molecular formula is C7H10ClN3. The molecule has 2 N–H and O–H groups in total. The Morgan fingerprint density at radius 2 is 2.36 bits per heavy atom. The van der Waals surface area contributed by atoms with Crippen molar-refractivity contribution in [1.82, 2.24) is 9.55 Å². The van der Waals surface area contributed by atoms with Crippen molar-refractivity contribution in [2.75, 3.05) is 0 Å². The number of nitrogens with two attached hydrogens (primary N) is 1. The van der Waals surface area contributed by atoms with Crippen LogP contribution < -0.4 is 5.73 Å². The Hall–Kier alpha value is -0.540. The second kappa shape index (κ2) is 1.99. The van der Waals surface area contributed by atoms with Gasteiger partial charge in [-0.2, -0.15) is 0 Å². The second-order valence-electron chi connectivity index (χ2n) is 3.15. The smallest absolute Gasteiger partial charge is 0.152 e. The van der Waals surface area contributed by atoms with Crippen LogP contribution in [0.3, 0.4) is 0 Å². The average molecular weight is 172 g/mol. The van der Waals surface area contributed by atoms with E-state index in [4.69, 9.17) is 17.3 Å². The molecule has 0 spiro atoms. The normalized spacial score (nSPS) is 20.3. The van der Waals surface area contributed by atoms with E-state index in [0.29, 0.717) is 5.15 Å². The Kier molecular flexibility index (Phi) is 1.29. The summed E-state index contributed by atoms with van der Waals surface area (Å²) in [6.07, 6.45) is 3.74. The molecule has 0 aromatic carbocycles. The van der Waals surface area contributed by atoms with Crippen LogP contribution in [-0.4, -0.2) is 9.55 Å². The van der Waals surface area contributed by atoms with Crippen molar-refractivity contribution in [3.05, 3.63) is 17.2 Å². The van der Waals surface area contributed by atoms with Crippen LogP contribution >= 0.6 is 11.6 Å². The van der Waals surface area contributed by atoms with Crippen molar-refractivity contribution >= 4 is 11.6 Å². The van der Waals surface area contributed by atoms with E-state index in [9.17, 15) is 0 Å². The van der Waals surface area contributed by atoms with Crippen molar-refractivity contribution in [3.63, 3.8) is 0 Å². The van der Waals surface area contributed by atoms with E-state index in [1.54, 1.807) is 6.33 Å². The van der Waals surface area contributed by atoms with Gasteiger partial charge in [-0.05, 0) is 12.8 Å². The summed E-state index contributed by atoms with van der Waals surface area (Å²) in [6.45, 7) is 0. The minimum absolute atomic E-state index is 0.178. The van der Waals surface area contributed by atoms with Crippen molar-refractivity contribution in [2.24, 2.45) is 12.8 Å². The maximum atomic E-state index is 5.97. The zero-order chi connectivity index (χ0) is 8.06. The summed E-state index contributed by atoms with van der Waals surface area (Å²) >= 11 is 5.86. The van der Waals surface area contributed by atoms with Crippen LogP contribution in [0.15, 0.2) is 6.33 Å². The summed E-state index contributed by atoms with van der Waals surface area (Å²) < 4.78 is 1.90. The van der Waals surface area contributed by atoms with Gasteiger partial charge in [0.15, 0.2) is 5.15 Å². The molecule has 1 heterocycles. The maximum Gasteiger partial charge on any atom is 0.152 e. The molecule has 4 heteroatoms. The standard InChI is InChI=1S/C7H10ClN3/c1-11-4-10-6(8)5(11)7(9)2-3-7/h4H,2-3,9H2,1H3. The van der Waals surface area contributed by atoms with Crippen LogP contribution in [0.2, 0.25) is 5.15 Å². The fraction of sp³-hybridized carbons (Fsp3) is 0.571. The number of halogens is 1. The molecule has 1 saturated carbocycles. The summed E-state index contributed by atoms with van der Waals surface area (Å²) in [7, 11) is 1.92. The van der Waals surface area contributed by atoms with Gasteiger partial charge < -0.3 is 10.3 Å². The van der Waals surface area contributed by atoms with Gasteiger partial charge in [0.25, 0.3) is 0 Å². The number of hydrogen-bond donors (Lipinski definition) is 1. The van der Waals surface area contributed by atoms with Gasteiger partial charge in [-0.1, -0.05) is 11.6 Å². The molecule has 11 heavy (non-hydrogen) atoms. The fourth-order valence-electron chi connectivity index (χ4n) is 1.33. The van der Waals surface area contributed by atoms with Crippen molar-refractivity contribution in [3.8, 4) is 0 Å². The highest BCUT2D eigenvalue weighted by molar-refractivity contribution is 6.30. The molecule has 0 atom stereocenters. The van der Waals surface area contributed by atoms with Gasteiger partial charge in [0, 0.05) is 7.05 Å². The van der Waals surface area contributed by atoms with Crippen LogP contribution in [-0.2, 0) is 12.6 Å². The third-order valence-electron chi connectivity index (χ3n) is 2.15. The molecule has 1 aromatic rings. The SMILES string of the molecule is Cn1cnc(Cl)c1C1(N)CC1. The number of rotatable bonds is 1. The average Bonchev–Trinajstić information content (AvgIpc) is 2.56. The molecule has 2 rings (SSSR count). The second-order valence-corrected chi connectivity index (χ2v) is 3.51. The predicted octanol–water partition coefficient (Wildman–Crippen LogP) is 1.02. The van der Waals surface area contributed by atoms with E-state index < -0.39 is 0 Å². The molecule has 1 aliphatic rings. The summed E-state index contributed by atoms with van der Waals surface area (Å²) in [5.74, 6) is 0. The number of aromatic nitrogens is 2. The van der Waals surface area contributed by atoms with Gasteiger partial charge in [0.1, 0.15) is 0 Å². The molecule has 0 aliphatic heterocycles. The summed E-state index contributed by atoms with van der Waals surface area (Å²) in [5, 5.41) is 0.549. The van der Waals surface area contributed by atoms with Gasteiger partial charge in [-0.3, -0.25) is 0 Å². The lowest BCUT2D eigenvalue weighted by Gasteiger charge is -2.09. The molecule has 1 aromatic heterocycles. The Balaban J connectivity index is 2.50. The first-order valence-electron chi connectivity index (χ1n) is 3.60. The zero-order valence-electron chi connectivity index (χ0n) is 6.34. The minimum atomic E-state index is -0.178. The Labute approximate surface area is 70.2 Å². The molecule has 1 aliphatic carbocycles. The number of hydrogen-bond acceptors (Lipinski definition) is 2. The van der Waals surface area contributed by atoms with Gasteiger partial charge in [0.2, 0.25) is 0 Å². The van der Waals surface area contributed by atoms with E-state index in [-0.39, 0.29) is 5.54 Å². The molecular weight excluding hydrogens is 162 g/mol. The van der Waals surface area contributed by atoms with Gasteiger partial charge in [-0.15, -0.1) is 0 Å². The monoisotopic (exact) mass is 171 g/mol. The van der Waals surface area contributed by atoms with Gasteiger partial charge >= 0.3 is 0 Å². The van der Waals surface area contributed by atoms with Crippen LogP contribution in [0, 0.1) is 0 Å². The molecule has 0 radical (unpaired) electrons. The number of imidazole rings is 1. The molecule has 0 amide bonds. The van der Waals surface area contributed by atoms with E-state index in [0.717, 1.165) is 18.5 Å². The van der Waals surface area contributed by atoms with E-state index in [2.05, 4.69) is 4.98 Å². The largest absolute Gasteiger partial charge is 0.335 e. The van der Waals surface area contributed by atoms with E-state index >= 15 is 0 Å². The van der Waals surface area contributed by atoms with E-state index in [1.807, 2.05) is 11.6 Å². The van der Waals surface area contributed by atoms with Crippen molar-refractivity contribution in [1.29, 1.82) is 0 Å². The molecule has 1 fully saturated rings.